The zero-order valence-corrected chi connectivity index (χ0v) is 13.1. The van der Waals surface area contributed by atoms with Gasteiger partial charge in [-0.25, -0.2) is 0 Å². The Kier molecular flexibility index (Phi) is 4.08. The molecule has 0 spiro atoms. The van der Waals surface area contributed by atoms with Crippen LogP contribution in [0.25, 0.3) is 0 Å². The number of aryl methyl sites for hydroxylation is 2. The molecule has 20 heavy (non-hydrogen) atoms. The Morgan fingerprint density at radius 2 is 1.80 bits per heavy atom. The first-order chi connectivity index (χ1) is 9.70. The Morgan fingerprint density at radius 1 is 1.00 bits per heavy atom. The average Bonchev–Trinajstić information content (AvgIpc) is 2.85. The van der Waals surface area contributed by atoms with Crippen molar-refractivity contribution in [2.24, 2.45) is 0 Å². The smallest absolute Gasteiger partial charge is 0.0369 e. The van der Waals surface area contributed by atoms with Crippen LogP contribution >= 0.6 is 11.3 Å². The van der Waals surface area contributed by atoms with Crippen LogP contribution in [0.15, 0.2) is 36.4 Å². The first-order valence-electron chi connectivity index (χ1n) is 7.30. The summed E-state index contributed by atoms with van der Waals surface area (Å²) in [5.74, 6) is 0. The lowest BCUT2D eigenvalue weighted by Gasteiger charge is -2.36. The number of rotatable bonds is 3. The first-order valence-corrected chi connectivity index (χ1v) is 8.12. The van der Waals surface area contributed by atoms with E-state index in [1.54, 1.807) is 0 Å². The quantitative estimate of drug-likeness (QED) is 0.849. The molecule has 0 amide bonds. The molecule has 0 saturated carbocycles. The van der Waals surface area contributed by atoms with Crippen molar-refractivity contribution in [1.82, 2.24) is 4.90 Å². The third-order valence-corrected chi connectivity index (χ3v) is 4.90. The van der Waals surface area contributed by atoms with E-state index < -0.39 is 0 Å². The molecule has 0 radical (unpaired) electrons. The molecular formula is C17H22N2S. The van der Waals surface area contributed by atoms with Crippen LogP contribution < -0.4 is 4.90 Å². The highest BCUT2D eigenvalue weighted by atomic mass is 32.1. The predicted molar refractivity (Wildman–Crippen MR) is 87.7 cm³/mol. The molecule has 2 nitrogen and oxygen atoms in total. The molecule has 1 aromatic heterocycles. The molecule has 1 aliphatic rings. The fourth-order valence-electron chi connectivity index (χ4n) is 2.78. The van der Waals surface area contributed by atoms with Crippen LogP contribution in [0.1, 0.15) is 15.3 Å². The summed E-state index contributed by atoms with van der Waals surface area (Å²) < 4.78 is 0. The van der Waals surface area contributed by atoms with Gasteiger partial charge in [-0.15, -0.1) is 11.3 Å². The molecule has 0 N–H and O–H groups in total. The van der Waals surface area contributed by atoms with Crippen LogP contribution in [0.2, 0.25) is 0 Å². The maximum absolute atomic E-state index is 2.57. The minimum absolute atomic E-state index is 1.11. The van der Waals surface area contributed by atoms with E-state index in [2.05, 4.69) is 60.0 Å². The molecule has 0 aliphatic carbocycles. The molecule has 106 valence electrons. The van der Waals surface area contributed by atoms with Crippen LogP contribution in [-0.4, -0.2) is 31.1 Å². The molecule has 3 rings (SSSR count). The number of hydrogen-bond acceptors (Lipinski definition) is 3. The molecule has 1 saturated heterocycles. The van der Waals surface area contributed by atoms with Gasteiger partial charge in [0, 0.05) is 48.2 Å². The molecule has 3 heteroatoms. The summed E-state index contributed by atoms with van der Waals surface area (Å²) in [6, 6.07) is 13.3. The second-order valence-corrected chi connectivity index (χ2v) is 6.99. The Morgan fingerprint density at radius 3 is 2.45 bits per heavy atom. The summed E-state index contributed by atoms with van der Waals surface area (Å²) in [7, 11) is 0. The van der Waals surface area contributed by atoms with Crippen molar-refractivity contribution in [1.29, 1.82) is 0 Å². The number of hydrogen-bond donors (Lipinski definition) is 0. The Hall–Kier alpha value is -1.32. The van der Waals surface area contributed by atoms with Crippen molar-refractivity contribution in [3.63, 3.8) is 0 Å². The van der Waals surface area contributed by atoms with E-state index in [9.17, 15) is 0 Å². The SMILES string of the molecule is Cc1cccc(N2CCN(Cc3ccc(C)s3)CC2)c1. The van der Waals surface area contributed by atoms with E-state index in [1.807, 2.05) is 11.3 Å². The zero-order chi connectivity index (χ0) is 13.9. The van der Waals surface area contributed by atoms with Gasteiger partial charge in [-0.1, -0.05) is 12.1 Å². The molecule has 1 fully saturated rings. The largest absolute Gasteiger partial charge is 0.369 e. The standard InChI is InChI=1S/C17H22N2S/c1-14-4-3-5-16(12-14)19-10-8-18(9-11-19)13-17-7-6-15(2)20-17/h3-7,12H,8-11,13H2,1-2H3. The number of nitrogens with zero attached hydrogens (tertiary/aromatic N) is 2. The lowest BCUT2D eigenvalue weighted by molar-refractivity contribution is 0.252. The summed E-state index contributed by atoms with van der Waals surface area (Å²) in [6.07, 6.45) is 0. The van der Waals surface area contributed by atoms with Gasteiger partial charge in [-0.3, -0.25) is 4.90 Å². The van der Waals surface area contributed by atoms with Crippen LogP contribution in [-0.2, 0) is 6.54 Å². The maximum Gasteiger partial charge on any atom is 0.0369 e. The van der Waals surface area contributed by atoms with Crippen LogP contribution in [0.5, 0.6) is 0 Å². The number of anilines is 1. The molecule has 0 atom stereocenters. The van der Waals surface area contributed by atoms with E-state index in [-0.39, 0.29) is 0 Å². The van der Waals surface area contributed by atoms with E-state index >= 15 is 0 Å². The molecule has 0 bridgehead atoms. The fraction of sp³-hybridized carbons (Fsp3) is 0.412. The summed E-state index contributed by atoms with van der Waals surface area (Å²) in [5, 5.41) is 0. The Balaban J connectivity index is 1.57. The molecule has 1 aromatic carbocycles. The van der Waals surface area contributed by atoms with Gasteiger partial charge in [0.15, 0.2) is 0 Å². The van der Waals surface area contributed by atoms with Gasteiger partial charge in [0.05, 0.1) is 0 Å². The maximum atomic E-state index is 2.57. The second-order valence-electron chi connectivity index (χ2n) is 5.61. The molecule has 1 aliphatic heterocycles. The van der Waals surface area contributed by atoms with Crippen LogP contribution in [0.3, 0.4) is 0 Å². The van der Waals surface area contributed by atoms with Gasteiger partial charge in [0.1, 0.15) is 0 Å². The zero-order valence-electron chi connectivity index (χ0n) is 12.3. The summed E-state index contributed by atoms with van der Waals surface area (Å²) in [6.45, 7) is 10.0. The topological polar surface area (TPSA) is 6.48 Å². The average molecular weight is 286 g/mol. The lowest BCUT2D eigenvalue weighted by Crippen LogP contribution is -2.45. The van der Waals surface area contributed by atoms with E-state index in [1.165, 1.54) is 21.0 Å². The highest BCUT2D eigenvalue weighted by Crippen LogP contribution is 2.21. The fourth-order valence-corrected chi connectivity index (χ4v) is 3.71. The van der Waals surface area contributed by atoms with Crippen LogP contribution in [0.4, 0.5) is 5.69 Å². The minimum Gasteiger partial charge on any atom is -0.369 e. The first kappa shape index (κ1) is 13.7. The molecule has 0 unspecified atom stereocenters. The number of piperazine rings is 1. The Labute approximate surface area is 125 Å². The van der Waals surface area contributed by atoms with Gasteiger partial charge in [0.2, 0.25) is 0 Å². The van der Waals surface area contributed by atoms with E-state index in [0.717, 1.165) is 32.7 Å². The van der Waals surface area contributed by atoms with Crippen molar-refractivity contribution in [2.45, 2.75) is 20.4 Å². The number of benzene rings is 1. The normalized spacial score (nSPS) is 16.6. The van der Waals surface area contributed by atoms with Gasteiger partial charge in [0.25, 0.3) is 0 Å². The second kappa shape index (κ2) is 5.98. The van der Waals surface area contributed by atoms with Crippen molar-refractivity contribution in [3.05, 3.63) is 51.7 Å². The van der Waals surface area contributed by atoms with Gasteiger partial charge in [-0.05, 0) is 43.7 Å². The Bertz CT molecular complexity index is 568. The highest BCUT2D eigenvalue weighted by Gasteiger charge is 2.17. The van der Waals surface area contributed by atoms with Gasteiger partial charge < -0.3 is 4.90 Å². The minimum atomic E-state index is 1.11. The number of thiophene rings is 1. The van der Waals surface area contributed by atoms with Gasteiger partial charge in [-0.2, -0.15) is 0 Å². The van der Waals surface area contributed by atoms with Crippen molar-refractivity contribution in [2.75, 3.05) is 31.1 Å². The third-order valence-electron chi connectivity index (χ3n) is 3.91. The molecule has 2 heterocycles. The molecular weight excluding hydrogens is 264 g/mol. The van der Waals surface area contributed by atoms with Crippen LogP contribution in [0, 0.1) is 13.8 Å². The highest BCUT2D eigenvalue weighted by molar-refractivity contribution is 7.11. The molecule has 2 aromatic rings. The summed E-state index contributed by atoms with van der Waals surface area (Å²) in [4.78, 5) is 7.98. The van der Waals surface area contributed by atoms with Crippen molar-refractivity contribution >= 4 is 17.0 Å². The monoisotopic (exact) mass is 286 g/mol. The summed E-state index contributed by atoms with van der Waals surface area (Å²) >= 11 is 1.93. The summed E-state index contributed by atoms with van der Waals surface area (Å²) in [5.41, 5.74) is 2.72. The van der Waals surface area contributed by atoms with Crippen molar-refractivity contribution < 1.29 is 0 Å². The van der Waals surface area contributed by atoms with Crippen molar-refractivity contribution in [3.8, 4) is 0 Å². The van der Waals surface area contributed by atoms with E-state index in [0.29, 0.717) is 0 Å². The third kappa shape index (κ3) is 3.22. The lowest BCUT2D eigenvalue weighted by atomic mass is 10.2. The predicted octanol–water partition coefficient (Wildman–Crippen LogP) is 3.69. The van der Waals surface area contributed by atoms with E-state index in [4.69, 9.17) is 0 Å². The van der Waals surface area contributed by atoms with Gasteiger partial charge >= 0.3 is 0 Å².